The molecule has 1 heterocycles. The number of carboxylic acid groups (broad SMARTS) is 2. The van der Waals surface area contributed by atoms with Crippen LogP contribution in [-0.2, 0) is 16.1 Å². The van der Waals surface area contributed by atoms with Gasteiger partial charge in [-0.2, -0.15) is 0 Å². The molecule has 1 aromatic rings. The molecule has 7 heteroatoms. The molecule has 2 N–H and O–H groups in total. The molecule has 0 amide bonds. The zero-order chi connectivity index (χ0) is 18.1. The monoisotopic (exact) mass is 340 g/mol. The zero-order valence-corrected chi connectivity index (χ0v) is 14.1. The van der Waals surface area contributed by atoms with Gasteiger partial charge < -0.3 is 10.2 Å². The summed E-state index contributed by atoms with van der Waals surface area (Å²) >= 11 is 0. The summed E-state index contributed by atoms with van der Waals surface area (Å²) in [5.41, 5.74) is 1.20. The smallest absolute Gasteiger partial charge is 0.414 e. The molecular weight excluding hydrogens is 315 g/mol. The Labute approximate surface area is 141 Å². The lowest BCUT2D eigenvalue weighted by Crippen LogP contribution is -2.48. The van der Waals surface area contributed by atoms with E-state index in [4.69, 9.17) is 19.8 Å². The molecule has 0 spiro atoms. The molecule has 0 aromatic heterocycles. The summed E-state index contributed by atoms with van der Waals surface area (Å²) in [5.74, 6) is -3.80. The molecule has 0 saturated carbocycles. The van der Waals surface area contributed by atoms with Gasteiger partial charge in [0.25, 0.3) is 0 Å². The van der Waals surface area contributed by atoms with Crippen LogP contribution in [-0.4, -0.2) is 64.2 Å². The van der Waals surface area contributed by atoms with Crippen LogP contribution in [0.5, 0.6) is 0 Å². The fourth-order valence-corrected chi connectivity index (χ4v) is 2.47. The highest BCUT2D eigenvalue weighted by Gasteiger charge is 2.19. The minimum Gasteiger partial charge on any atom is -0.473 e. The molecule has 24 heavy (non-hydrogen) atoms. The third-order valence-corrected chi connectivity index (χ3v) is 4.12. The number of nitrogens with zero attached hydrogens (tertiary/aromatic N) is 2. The predicted octanol–water partition coefficient (Wildman–Crippen LogP) is 1.90. The third kappa shape index (κ3) is 7.06. The van der Waals surface area contributed by atoms with E-state index in [1.807, 2.05) is 12.1 Å². The number of piperazine rings is 1. The molecule has 6 nitrogen and oxygen atoms in total. The second-order valence-corrected chi connectivity index (χ2v) is 5.81. The summed E-state index contributed by atoms with van der Waals surface area (Å²) in [4.78, 5) is 23.2. The average Bonchev–Trinajstić information content (AvgIpc) is 2.57. The van der Waals surface area contributed by atoms with E-state index < -0.39 is 11.9 Å². The third-order valence-electron chi connectivity index (χ3n) is 4.12. The number of carbonyl (C=O) groups is 2. The highest BCUT2D eigenvalue weighted by molar-refractivity contribution is 6.27. The Kier molecular flexibility index (Phi) is 8.35. The van der Waals surface area contributed by atoms with Crippen molar-refractivity contribution in [2.24, 2.45) is 0 Å². The fourth-order valence-electron chi connectivity index (χ4n) is 2.47. The highest BCUT2D eigenvalue weighted by Crippen LogP contribution is 2.12. The van der Waals surface area contributed by atoms with Crippen LogP contribution < -0.4 is 0 Å². The summed E-state index contributed by atoms with van der Waals surface area (Å²) in [6, 6.07) is 7.56. The van der Waals surface area contributed by atoms with Gasteiger partial charge >= 0.3 is 11.9 Å². The molecule has 1 atom stereocenters. The second-order valence-electron chi connectivity index (χ2n) is 5.81. The zero-order valence-electron chi connectivity index (χ0n) is 14.1. The van der Waals surface area contributed by atoms with Crippen molar-refractivity contribution in [1.29, 1.82) is 0 Å². The van der Waals surface area contributed by atoms with Crippen molar-refractivity contribution in [2.45, 2.75) is 32.9 Å². The molecule has 134 valence electrons. The van der Waals surface area contributed by atoms with Crippen LogP contribution in [0.4, 0.5) is 4.39 Å². The van der Waals surface area contributed by atoms with E-state index in [2.05, 4.69) is 23.6 Å². The molecule has 2 rings (SSSR count). The lowest BCUT2D eigenvalue weighted by atomic mass is 10.1. The van der Waals surface area contributed by atoms with Crippen LogP contribution in [0, 0.1) is 5.82 Å². The Morgan fingerprint density at radius 1 is 1.08 bits per heavy atom. The molecular formula is C17H25FN2O4. The molecule has 0 bridgehead atoms. The van der Waals surface area contributed by atoms with Crippen LogP contribution in [0.2, 0.25) is 0 Å². The quantitative estimate of drug-likeness (QED) is 0.815. The largest absolute Gasteiger partial charge is 0.473 e. The Hall–Kier alpha value is -1.99. The van der Waals surface area contributed by atoms with Crippen molar-refractivity contribution in [2.75, 3.05) is 26.2 Å². The number of rotatable bonds is 4. The van der Waals surface area contributed by atoms with Gasteiger partial charge in [0.05, 0.1) is 0 Å². The minimum absolute atomic E-state index is 0.152. The summed E-state index contributed by atoms with van der Waals surface area (Å²) in [7, 11) is 0. The first kappa shape index (κ1) is 20.1. The number of benzene rings is 1. The van der Waals surface area contributed by atoms with Gasteiger partial charge in [-0.05, 0) is 31.0 Å². The molecule has 1 unspecified atom stereocenters. The van der Waals surface area contributed by atoms with E-state index in [1.54, 1.807) is 12.1 Å². The average molecular weight is 340 g/mol. The second kappa shape index (κ2) is 10.00. The number of carboxylic acids is 2. The van der Waals surface area contributed by atoms with Gasteiger partial charge in [-0.15, -0.1) is 0 Å². The fraction of sp³-hybridized carbons (Fsp3) is 0.529. The van der Waals surface area contributed by atoms with Crippen molar-refractivity contribution in [3.8, 4) is 0 Å². The van der Waals surface area contributed by atoms with Gasteiger partial charge in [0.2, 0.25) is 0 Å². The van der Waals surface area contributed by atoms with Crippen LogP contribution in [0.25, 0.3) is 0 Å². The lowest BCUT2D eigenvalue weighted by molar-refractivity contribution is -0.159. The normalized spacial score (nSPS) is 16.8. The predicted molar refractivity (Wildman–Crippen MR) is 88.3 cm³/mol. The first-order valence-electron chi connectivity index (χ1n) is 8.00. The van der Waals surface area contributed by atoms with Gasteiger partial charge in [0, 0.05) is 38.8 Å². The number of hydrogen-bond donors (Lipinski definition) is 2. The van der Waals surface area contributed by atoms with Crippen LogP contribution >= 0.6 is 0 Å². The number of hydrogen-bond acceptors (Lipinski definition) is 4. The standard InChI is InChI=1S/C15H23FN2.C2H2O4/c1-3-13(2)18-10-8-17(9-11-18)12-14-4-6-15(16)7-5-14;3-1(4)2(5)6/h4-7,13H,3,8-12H2,1-2H3;(H,3,4)(H,5,6). The van der Waals surface area contributed by atoms with E-state index in [0.29, 0.717) is 6.04 Å². The first-order valence-corrected chi connectivity index (χ1v) is 8.00. The summed E-state index contributed by atoms with van der Waals surface area (Å²) < 4.78 is 12.8. The van der Waals surface area contributed by atoms with Crippen molar-refractivity contribution < 1.29 is 24.2 Å². The van der Waals surface area contributed by atoms with E-state index in [1.165, 1.54) is 12.0 Å². The summed E-state index contributed by atoms with van der Waals surface area (Å²) in [5, 5.41) is 14.8. The maximum absolute atomic E-state index is 12.8. The maximum Gasteiger partial charge on any atom is 0.414 e. The molecule has 0 radical (unpaired) electrons. The Morgan fingerprint density at radius 3 is 2.00 bits per heavy atom. The minimum atomic E-state index is -1.82. The van der Waals surface area contributed by atoms with Crippen molar-refractivity contribution in [3.63, 3.8) is 0 Å². The van der Waals surface area contributed by atoms with E-state index in [0.717, 1.165) is 32.7 Å². The van der Waals surface area contributed by atoms with E-state index in [9.17, 15) is 4.39 Å². The van der Waals surface area contributed by atoms with Gasteiger partial charge in [0.1, 0.15) is 5.82 Å². The first-order chi connectivity index (χ1) is 11.3. The number of halogens is 1. The van der Waals surface area contributed by atoms with Crippen molar-refractivity contribution >= 4 is 11.9 Å². The topological polar surface area (TPSA) is 81.1 Å². The summed E-state index contributed by atoms with van der Waals surface area (Å²) in [6.07, 6.45) is 1.22. The molecule has 0 aliphatic carbocycles. The maximum atomic E-state index is 12.8. The van der Waals surface area contributed by atoms with Gasteiger partial charge in [-0.3, -0.25) is 9.80 Å². The summed E-state index contributed by atoms with van der Waals surface area (Å²) in [6.45, 7) is 10.0. The van der Waals surface area contributed by atoms with Gasteiger partial charge in [-0.25, -0.2) is 14.0 Å². The molecule has 1 saturated heterocycles. The molecule has 1 fully saturated rings. The lowest BCUT2D eigenvalue weighted by Gasteiger charge is -2.37. The number of aliphatic carboxylic acids is 2. The van der Waals surface area contributed by atoms with E-state index in [-0.39, 0.29) is 5.82 Å². The molecule has 1 aromatic carbocycles. The highest BCUT2D eigenvalue weighted by atomic mass is 19.1. The molecule has 1 aliphatic rings. The van der Waals surface area contributed by atoms with Gasteiger partial charge in [-0.1, -0.05) is 19.1 Å². The van der Waals surface area contributed by atoms with E-state index >= 15 is 0 Å². The van der Waals surface area contributed by atoms with Gasteiger partial charge in [0.15, 0.2) is 0 Å². The van der Waals surface area contributed by atoms with Crippen LogP contribution in [0.15, 0.2) is 24.3 Å². The van der Waals surface area contributed by atoms with Crippen LogP contribution in [0.1, 0.15) is 25.8 Å². The SMILES string of the molecule is CCC(C)N1CCN(Cc2ccc(F)cc2)CC1.O=C(O)C(=O)O. The van der Waals surface area contributed by atoms with Crippen molar-refractivity contribution in [1.82, 2.24) is 9.80 Å². The Bertz CT molecular complexity index is 516. The molecule has 1 aliphatic heterocycles. The van der Waals surface area contributed by atoms with Crippen molar-refractivity contribution in [3.05, 3.63) is 35.6 Å². The Balaban J connectivity index is 0.000000413. The Morgan fingerprint density at radius 2 is 1.58 bits per heavy atom. The van der Waals surface area contributed by atoms with Crippen LogP contribution in [0.3, 0.4) is 0 Å².